The number of carbonyl (C=O) groups is 1. The van der Waals surface area contributed by atoms with Crippen molar-refractivity contribution in [2.24, 2.45) is 0 Å². The second kappa shape index (κ2) is 9.51. The third-order valence-electron chi connectivity index (χ3n) is 4.87. The number of hydrogen-bond donors (Lipinski definition) is 0. The SMILES string of the molecule is COc1cc(OC)cc(C(=O)N(Cc2cccc(Cl)c2)Cc2nc3cc(Cl)ccc3o2)c1. The van der Waals surface area contributed by atoms with Crippen molar-refractivity contribution >= 4 is 40.2 Å². The molecule has 0 unspecified atom stereocenters. The van der Waals surface area contributed by atoms with Gasteiger partial charge in [0.05, 0.1) is 20.8 Å². The van der Waals surface area contributed by atoms with Crippen LogP contribution in [0.15, 0.2) is 65.1 Å². The van der Waals surface area contributed by atoms with Gasteiger partial charge in [0.25, 0.3) is 5.91 Å². The number of benzene rings is 3. The van der Waals surface area contributed by atoms with Gasteiger partial charge in [0, 0.05) is 28.2 Å². The molecule has 1 amide bonds. The van der Waals surface area contributed by atoms with E-state index in [4.69, 9.17) is 37.1 Å². The summed E-state index contributed by atoms with van der Waals surface area (Å²) in [7, 11) is 3.08. The number of hydrogen-bond acceptors (Lipinski definition) is 5. The van der Waals surface area contributed by atoms with E-state index in [2.05, 4.69) is 4.98 Å². The Morgan fingerprint density at radius 3 is 2.34 bits per heavy atom. The van der Waals surface area contributed by atoms with Gasteiger partial charge in [-0.15, -0.1) is 0 Å². The second-order valence-corrected chi connectivity index (χ2v) is 7.98. The molecule has 0 atom stereocenters. The summed E-state index contributed by atoms with van der Waals surface area (Å²) < 4.78 is 16.5. The summed E-state index contributed by atoms with van der Waals surface area (Å²) in [5.41, 5.74) is 2.52. The molecule has 4 aromatic rings. The molecule has 3 aromatic carbocycles. The summed E-state index contributed by atoms with van der Waals surface area (Å²) in [4.78, 5) is 19.7. The first-order valence-electron chi connectivity index (χ1n) is 9.77. The molecule has 8 heteroatoms. The van der Waals surface area contributed by atoms with Crippen LogP contribution in [-0.4, -0.2) is 30.0 Å². The minimum Gasteiger partial charge on any atom is -0.497 e. The molecule has 0 aliphatic carbocycles. The lowest BCUT2D eigenvalue weighted by Crippen LogP contribution is -2.30. The Kier molecular flexibility index (Phi) is 6.53. The highest BCUT2D eigenvalue weighted by Gasteiger charge is 2.21. The van der Waals surface area contributed by atoms with Crippen molar-refractivity contribution in [3.63, 3.8) is 0 Å². The highest BCUT2D eigenvalue weighted by molar-refractivity contribution is 6.31. The maximum absolute atomic E-state index is 13.5. The molecule has 0 saturated carbocycles. The van der Waals surface area contributed by atoms with Crippen molar-refractivity contribution in [2.45, 2.75) is 13.1 Å². The number of rotatable bonds is 7. The Hall–Kier alpha value is -3.22. The quantitative estimate of drug-likeness (QED) is 0.331. The Bertz CT molecular complexity index is 1250. The van der Waals surface area contributed by atoms with E-state index in [0.717, 1.165) is 5.56 Å². The molecule has 0 aliphatic heterocycles. The molecular formula is C24H20Cl2N2O4. The molecule has 0 saturated heterocycles. The van der Waals surface area contributed by atoms with Gasteiger partial charge in [-0.05, 0) is 48.0 Å². The molecular weight excluding hydrogens is 451 g/mol. The fourth-order valence-electron chi connectivity index (χ4n) is 3.35. The van der Waals surface area contributed by atoms with Crippen molar-refractivity contribution < 1.29 is 18.7 Å². The Morgan fingerprint density at radius 1 is 0.938 bits per heavy atom. The summed E-state index contributed by atoms with van der Waals surface area (Å²) in [6, 6.07) is 17.6. The van der Waals surface area contributed by atoms with Gasteiger partial charge in [0.2, 0.25) is 5.89 Å². The molecule has 0 aliphatic rings. The largest absolute Gasteiger partial charge is 0.497 e. The zero-order valence-corrected chi connectivity index (χ0v) is 19.0. The van der Waals surface area contributed by atoms with E-state index < -0.39 is 0 Å². The molecule has 6 nitrogen and oxygen atoms in total. The standard InChI is InChI=1S/C24H20Cl2N2O4/c1-30-19-9-16(10-20(12-19)31-2)24(29)28(13-15-4-3-5-17(25)8-15)14-23-27-21-11-18(26)6-7-22(21)32-23/h3-12H,13-14H2,1-2H3. The first-order valence-corrected chi connectivity index (χ1v) is 10.5. The van der Waals surface area contributed by atoms with Crippen LogP contribution in [0.25, 0.3) is 11.1 Å². The average molecular weight is 471 g/mol. The Labute approximate surface area is 195 Å². The predicted octanol–water partition coefficient (Wildman–Crippen LogP) is 5.99. The topological polar surface area (TPSA) is 64.8 Å². The summed E-state index contributed by atoms with van der Waals surface area (Å²) in [5, 5.41) is 1.15. The number of halogens is 2. The number of amides is 1. The molecule has 4 rings (SSSR count). The zero-order chi connectivity index (χ0) is 22.7. The van der Waals surface area contributed by atoms with E-state index in [-0.39, 0.29) is 12.5 Å². The average Bonchev–Trinajstić information content (AvgIpc) is 3.19. The monoisotopic (exact) mass is 470 g/mol. The van der Waals surface area contributed by atoms with E-state index in [0.29, 0.717) is 50.6 Å². The van der Waals surface area contributed by atoms with E-state index in [1.165, 1.54) is 14.2 Å². The minimum absolute atomic E-state index is 0.150. The first kappa shape index (κ1) is 22.0. The van der Waals surface area contributed by atoms with Crippen molar-refractivity contribution in [2.75, 3.05) is 14.2 Å². The van der Waals surface area contributed by atoms with Crippen LogP contribution in [-0.2, 0) is 13.1 Å². The van der Waals surface area contributed by atoms with Crippen molar-refractivity contribution in [3.8, 4) is 11.5 Å². The smallest absolute Gasteiger partial charge is 0.254 e. The Morgan fingerprint density at radius 2 is 1.66 bits per heavy atom. The van der Waals surface area contributed by atoms with Crippen LogP contribution >= 0.6 is 23.2 Å². The van der Waals surface area contributed by atoms with Crippen molar-refractivity contribution in [1.29, 1.82) is 0 Å². The number of carbonyl (C=O) groups excluding carboxylic acids is 1. The molecule has 0 spiro atoms. The van der Waals surface area contributed by atoms with Crippen LogP contribution in [0.5, 0.6) is 11.5 Å². The van der Waals surface area contributed by atoms with Crippen LogP contribution in [0, 0.1) is 0 Å². The van der Waals surface area contributed by atoms with Crippen LogP contribution in [0.1, 0.15) is 21.8 Å². The van der Waals surface area contributed by atoms with Crippen LogP contribution in [0.3, 0.4) is 0 Å². The lowest BCUT2D eigenvalue weighted by molar-refractivity contribution is 0.0714. The predicted molar refractivity (Wildman–Crippen MR) is 124 cm³/mol. The van der Waals surface area contributed by atoms with Crippen LogP contribution < -0.4 is 9.47 Å². The molecule has 1 aromatic heterocycles. The van der Waals surface area contributed by atoms with Crippen LogP contribution in [0.4, 0.5) is 0 Å². The fraction of sp³-hybridized carbons (Fsp3) is 0.167. The molecule has 0 bridgehead atoms. The third kappa shape index (κ3) is 4.98. The van der Waals surface area contributed by atoms with Crippen molar-refractivity contribution in [3.05, 3.63) is 87.7 Å². The number of oxazole rings is 1. The number of aromatic nitrogens is 1. The van der Waals surface area contributed by atoms with Gasteiger partial charge in [0.15, 0.2) is 5.58 Å². The third-order valence-corrected chi connectivity index (χ3v) is 5.34. The highest BCUT2D eigenvalue weighted by Crippen LogP contribution is 2.26. The summed E-state index contributed by atoms with van der Waals surface area (Å²) in [5.74, 6) is 1.20. The fourth-order valence-corrected chi connectivity index (χ4v) is 3.73. The highest BCUT2D eigenvalue weighted by atomic mass is 35.5. The number of methoxy groups -OCH3 is 2. The molecule has 32 heavy (non-hydrogen) atoms. The van der Waals surface area contributed by atoms with Gasteiger partial charge in [-0.2, -0.15) is 0 Å². The van der Waals surface area contributed by atoms with Crippen LogP contribution in [0.2, 0.25) is 10.0 Å². The molecule has 1 heterocycles. The van der Waals surface area contributed by atoms with Crippen molar-refractivity contribution in [1.82, 2.24) is 9.88 Å². The maximum Gasteiger partial charge on any atom is 0.254 e. The van der Waals surface area contributed by atoms with E-state index in [1.807, 2.05) is 18.2 Å². The number of ether oxygens (including phenoxy) is 2. The zero-order valence-electron chi connectivity index (χ0n) is 17.5. The van der Waals surface area contributed by atoms with Gasteiger partial charge in [-0.25, -0.2) is 4.98 Å². The van der Waals surface area contributed by atoms with Gasteiger partial charge < -0.3 is 18.8 Å². The summed E-state index contributed by atoms with van der Waals surface area (Å²) in [6.45, 7) is 0.454. The maximum atomic E-state index is 13.5. The summed E-state index contributed by atoms with van der Waals surface area (Å²) >= 11 is 12.2. The second-order valence-electron chi connectivity index (χ2n) is 7.11. The minimum atomic E-state index is -0.234. The number of nitrogens with zero attached hydrogens (tertiary/aromatic N) is 2. The van der Waals surface area contributed by atoms with Gasteiger partial charge in [0.1, 0.15) is 17.0 Å². The van der Waals surface area contributed by atoms with E-state index >= 15 is 0 Å². The lowest BCUT2D eigenvalue weighted by Gasteiger charge is -2.22. The first-order chi connectivity index (χ1) is 15.4. The molecule has 0 radical (unpaired) electrons. The molecule has 0 N–H and O–H groups in total. The van der Waals surface area contributed by atoms with E-state index in [1.54, 1.807) is 47.4 Å². The molecule has 0 fully saturated rings. The van der Waals surface area contributed by atoms with Gasteiger partial charge in [-0.1, -0.05) is 35.3 Å². The Balaban J connectivity index is 1.70. The lowest BCUT2D eigenvalue weighted by atomic mass is 10.1. The normalized spacial score (nSPS) is 10.9. The van der Waals surface area contributed by atoms with E-state index in [9.17, 15) is 4.79 Å². The summed E-state index contributed by atoms with van der Waals surface area (Å²) in [6.07, 6.45) is 0. The number of fused-ring (bicyclic) bond motifs is 1. The molecule has 164 valence electrons. The van der Waals surface area contributed by atoms with Gasteiger partial charge in [-0.3, -0.25) is 4.79 Å². The van der Waals surface area contributed by atoms with Gasteiger partial charge >= 0.3 is 0 Å².